The van der Waals surface area contributed by atoms with Crippen LogP contribution in [0.2, 0.25) is 0 Å². The quantitative estimate of drug-likeness (QED) is 0.598. The molecule has 0 aromatic heterocycles. The highest BCUT2D eigenvalue weighted by Crippen LogP contribution is 1.99. The second kappa shape index (κ2) is 7.90. The molecular weight excluding hydrogens is 166 g/mol. The van der Waals surface area contributed by atoms with Gasteiger partial charge < -0.3 is 9.64 Å². The standard InChI is InChI=1S/C10H21NO2/c1-4-6-7-8-9-13-10(12)11(3)5-2/h4-9H2,1-3H3. The van der Waals surface area contributed by atoms with Gasteiger partial charge in [0.15, 0.2) is 0 Å². The molecule has 78 valence electrons. The highest BCUT2D eigenvalue weighted by Gasteiger charge is 2.05. The Balaban J connectivity index is 3.27. The molecule has 0 N–H and O–H groups in total. The molecule has 0 saturated carbocycles. The number of hydrogen-bond acceptors (Lipinski definition) is 2. The molecule has 13 heavy (non-hydrogen) atoms. The monoisotopic (exact) mass is 187 g/mol. The van der Waals surface area contributed by atoms with Crippen molar-refractivity contribution in [1.82, 2.24) is 4.90 Å². The van der Waals surface area contributed by atoms with E-state index >= 15 is 0 Å². The van der Waals surface area contributed by atoms with Gasteiger partial charge in [0.25, 0.3) is 0 Å². The zero-order valence-corrected chi connectivity index (χ0v) is 9.01. The normalized spacial score (nSPS) is 9.77. The summed E-state index contributed by atoms with van der Waals surface area (Å²) in [6, 6.07) is 0. The van der Waals surface area contributed by atoms with Crippen LogP contribution in [0.1, 0.15) is 39.5 Å². The lowest BCUT2D eigenvalue weighted by Crippen LogP contribution is -2.27. The van der Waals surface area contributed by atoms with Crippen molar-refractivity contribution in [3.63, 3.8) is 0 Å². The summed E-state index contributed by atoms with van der Waals surface area (Å²) in [5, 5.41) is 0. The van der Waals surface area contributed by atoms with Gasteiger partial charge in [0.2, 0.25) is 0 Å². The van der Waals surface area contributed by atoms with Gasteiger partial charge in [-0.25, -0.2) is 4.79 Å². The van der Waals surface area contributed by atoms with Gasteiger partial charge in [-0.1, -0.05) is 26.2 Å². The predicted molar refractivity (Wildman–Crippen MR) is 53.8 cm³/mol. The Bertz CT molecular complexity index is 137. The van der Waals surface area contributed by atoms with E-state index in [0.29, 0.717) is 13.2 Å². The molecule has 0 aliphatic rings. The first-order valence-corrected chi connectivity index (χ1v) is 5.10. The largest absolute Gasteiger partial charge is 0.449 e. The van der Waals surface area contributed by atoms with Gasteiger partial charge >= 0.3 is 6.09 Å². The van der Waals surface area contributed by atoms with Gasteiger partial charge in [0.1, 0.15) is 0 Å². The fraction of sp³-hybridized carbons (Fsp3) is 0.900. The van der Waals surface area contributed by atoms with Crippen LogP contribution >= 0.6 is 0 Å². The average molecular weight is 187 g/mol. The van der Waals surface area contributed by atoms with E-state index in [0.717, 1.165) is 12.8 Å². The van der Waals surface area contributed by atoms with Crippen molar-refractivity contribution in [3.8, 4) is 0 Å². The Morgan fingerprint density at radius 3 is 2.46 bits per heavy atom. The number of nitrogens with zero attached hydrogens (tertiary/aromatic N) is 1. The molecule has 3 heteroatoms. The smallest absolute Gasteiger partial charge is 0.409 e. The van der Waals surface area contributed by atoms with Gasteiger partial charge in [-0.05, 0) is 13.3 Å². The Morgan fingerprint density at radius 2 is 1.92 bits per heavy atom. The summed E-state index contributed by atoms with van der Waals surface area (Å²) in [5.74, 6) is 0. The maximum absolute atomic E-state index is 11.1. The highest BCUT2D eigenvalue weighted by molar-refractivity contribution is 5.67. The van der Waals surface area contributed by atoms with Crippen LogP contribution in [0.15, 0.2) is 0 Å². The van der Waals surface area contributed by atoms with Gasteiger partial charge in [0.05, 0.1) is 6.61 Å². The molecule has 0 bridgehead atoms. The van der Waals surface area contributed by atoms with Crippen molar-refractivity contribution in [2.75, 3.05) is 20.2 Å². The number of carbonyl (C=O) groups is 1. The first-order valence-electron chi connectivity index (χ1n) is 5.10. The number of rotatable bonds is 6. The Labute approximate surface area is 81.1 Å². The van der Waals surface area contributed by atoms with Gasteiger partial charge in [0, 0.05) is 13.6 Å². The number of amides is 1. The Hall–Kier alpha value is -0.730. The maximum Gasteiger partial charge on any atom is 0.409 e. The molecule has 0 radical (unpaired) electrons. The summed E-state index contributed by atoms with van der Waals surface area (Å²) < 4.78 is 5.03. The first-order chi connectivity index (χ1) is 6.22. The van der Waals surface area contributed by atoms with E-state index in [9.17, 15) is 4.79 Å². The summed E-state index contributed by atoms with van der Waals surface area (Å²) in [4.78, 5) is 12.7. The molecule has 0 aliphatic heterocycles. The van der Waals surface area contributed by atoms with Crippen LogP contribution in [-0.4, -0.2) is 31.2 Å². The third-order valence-corrected chi connectivity index (χ3v) is 2.01. The second-order valence-electron chi connectivity index (χ2n) is 3.19. The van der Waals surface area contributed by atoms with Crippen LogP contribution < -0.4 is 0 Å². The van der Waals surface area contributed by atoms with Crippen molar-refractivity contribution in [1.29, 1.82) is 0 Å². The van der Waals surface area contributed by atoms with E-state index in [4.69, 9.17) is 4.74 Å². The van der Waals surface area contributed by atoms with E-state index in [1.54, 1.807) is 11.9 Å². The minimum atomic E-state index is -0.209. The van der Waals surface area contributed by atoms with E-state index in [1.807, 2.05) is 6.92 Å². The molecule has 0 spiro atoms. The topological polar surface area (TPSA) is 29.5 Å². The lowest BCUT2D eigenvalue weighted by atomic mass is 10.2. The summed E-state index contributed by atoms with van der Waals surface area (Å²) in [6.07, 6.45) is 4.36. The highest BCUT2D eigenvalue weighted by atomic mass is 16.6. The summed E-state index contributed by atoms with van der Waals surface area (Å²) in [5.41, 5.74) is 0. The number of ether oxygens (including phenoxy) is 1. The third-order valence-electron chi connectivity index (χ3n) is 2.01. The number of hydrogen-bond donors (Lipinski definition) is 0. The fourth-order valence-corrected chi connectivity index (χ4v) is 0.928. The van der Waals surface area contributed by atoms with Crippen LogP contribution in [0.4, 0.5) is 4.79 Å². The number of unbranched alkanes of at least 4 members (excludes halogenated alkanes) is 3. The molecule has 0 aromatic rings. The zero-order chi connectivity index (χ0) is 10.1. The van der Waals surface area contributed by atoms with Crippen LogP contribution in [0.3, 0.4) is 0 Å². The molecule has 1 amide bonds. The zero-order valence-electron chi connectivity index (χ0n) is 9.01. The molecule has 0 rings (SSSR count). The van der Waals surface area contributed by atoms with Crippen LogP contribution in [-0.2, 0) is 4.74 Å². The average Bonchev–Trinajstić information content (AvgIpc) is 2.16. The Morgan fingerprint density at radius 1 is 1.23 bits per heavy atom. The summed E-state index contributed by atoms with van der Waals surface area (Å²) >= 11 is 0. The molecule has 0 aromatic carbocycles. The molecule has 3 nitrogen and oxygen atoms in total. The molecule has 0 heterocycles. The van der Waals surface area contributed by atoms with Crippen molar-refractivity contribution >= 4 is 6.09 Å². The summed E-state index contributed by atoms with van der Waals surface area (Å²) in [6.45, 7) is 5.35. The second-order valence-corrected chi connectivity index (χ2v) is 3.19. The van der Waals surface area contributed by atoms with E-state index in [2.05, 4.69) is 6.92 Å². The predicted octanol–water partition coefficient (Wildman–Crippen LogP) is 2.66. The SMILES string of the molecule is CCCCCCOC(=O)N(C)CC. The lowest BCUT2D eigenvalue weighted by Gasteiger charge is -2.14. The van der Waals surface area contributed by atoms with Crippen molar-refractivity contribution in [2.24, 2.45) is 0 Å². The van der Waals surface area contributed by atoms with E-state index < -0.39 is 0 Å². The van der Waals surface area contributed by atoms with Gasteiger partial charge in [-0.15, -0.1) is 0 Å². The third kappa shape index (κ3) is 6.43. The maximum atomic E-state index is 11.1. The van der Waals surface area contributed by atoms with Crippen LogP contribution in [0, 0.1) is 0 Å². The molecular formula is C10H21NO2. The molecule has 0 aliphatic carbocycles. The lowest BCUT2D eigenvalue weighted by molar-refractivity contribution is 0.111. The minimum Gasteiger partial charge on any atom is -0.449 e. The van der Waals surface area contributed by atoms with Gasteiger partial charge in [-0.2, -0.15) is 0 Å². The molecule has 0 atom stereocenters. The van der Waals surface area contributed by atoms with Crippen LogP contribution in [0.5, 0.6) is 0 Å². The molecule has 0 fully saturated rings. The first kappa shape index (κ1) is 12.3. The van der Waals surface area contributed by atoms with Crippen molar-refractivity contribution in [2.45, 2.75) is 39.5 Å². The van der Waals surface area contributed by atoms with E-state index in [-0.39, 0.29) is 6.09 Å². The minimum absolute atomic E-state index is 0.209. The Kier molecular flexibility index (Phi) is 7.45. The van der Waals surface area contributed by atoms with Crippen LogP contribution in [0.25, 0.3) is 0 Å². The molecule has 0 saturated heterocycles. The van der Waals surface area contributed by atoms with Gasteiger partial charge in [-0.3, -0.25) is 0 Å². The van der Waals surface area contributed by atoms with Crippen molar-refractivity contribution < 1.29 is 9.53 Å². The number of carbonyl (C=O) groups excluding carboxylic acids is 1. The fourth-order valence-electron chi connectivity index (χ4n) is 0.928. The summed E-state index contributed by atoms with van der Waals surface area (Å²) in [7, 11) is 1.74. The van der Waals surface area contributed by atoms with Crippen molar-refractivity contribution in [3.05, 3.63) is 0 Å². The van der Waals surface area contributed by atoms with E-state index in [1.165, 1.54) is 12.8 Å². The molecule has 0 unspecified atom stereocenters.